The van der Waals surface area contributed by atoms with Crippen molar-refractivity contribution in [3.05, 3.63) is 29.8 Å². The first-order valence-corrected chi connectivity index (χ1v) is 7.36. The lowest BCUT2D eigenvalue weighted by atomic mass is 10.2. The average molecular weight is 276 g/mol. The Morgan fingerprint density at radius 2 is 2.00 bits per heavy atom. The predicted molar refractivity (Wildman–Crippen MR) is 79.8 cm³/mol. The second-order valence-electron chi connectivity index (χ2n) is 5.26. The Labute approximate surface area is 121 Å². The molecule has 1 aliphatic rings. The molecule has 1 fully saturated rings. The maximum Gasteiger partial charge on any atom is 0.222 e. The zero-order valence-electron chi connectivity index (χ0n) is 12.5. The number of nitrogens with zero attached hydrogens (tertiary/aromatic N) is 2. The lowest BCUT2D eigenvalue weighted by molar-refractivity contribution is -0.133. The van der Waals surface area contributed by atoms with Crippen molar-refractivity contribution in [3.63, 3.8) is 0 Å². The van der Waals surface area contributed by atoms with Gasteiger partial charge in [0.25, 0.3) is 0 Å². The summed E-state index contributed by atoms with van der Waals surface area (Å²) in [6, 6.07) is 8.19. The van der Waals surface area contributed by atoms with E-state index in [1.165, 1.54) is 5.56 Å². The molecular weight excluding hydrogens is 252 g/mol. The van der Waals surface area contributed by atoms with Crippen LogP contribution in [-0.2, 0) is 11.3 Å². The molecule has 4 heteroatoms. The summed E-state index contributed by atoms with van der Waals surface area (Å²) in [5, 5.41) is 0. The third-order valence-electron chi connectivity index (χ3n) is 3.73. The molecule has 20 heavy (non-hydrogen) atoms. The van der Waals surface area contributed by atoms with Gasteiger partial charge in [0.05, 0.1) is 7.11 Å². The largest absolute Gasteiger partial charge is 0.497 e. The molecule has 1 aromatic rings. The second kappa shape index (κ2) is 7.29. The molecule has 0 unspecified atom stereocenters. The molecule has 0 spiro atoms. The molecule has 1 heterocycles. The first-order chi connectivity index (χ1) is 9.72. The zero-order chi connectivity index (χ0) is 14.4. The summed E-state index contributed by atoms with van der Waals surface area (Å²) in [6.07, 6.45) is 1.61. The fourth-order valence-corrected chi connectivity index (χ4v) is 2.56. The lowest BCUT2D eigenvalue weighted by Crippen LogP contribution is -2.48. The van der Waals surface area contributed by atoms with Crippen molar-refractivity contribution in [1.29, 1.82) is 0 Å². The first-order valence-electron chi connectivity index (χ1n) is 7.36. The van der Waals surface area contributed by atoms with Crippen LogP contribution in [0.4, 0.5) is 0 Å². The van der Waals surface area contributed by atoms with Crippen molar-refractivity contribution in [1.82, 2.24) is 9.80 Å². The van der Waals surface area contributed by atoms with E-state index in [1.54, 1.807) is 7.11 Å². The van der Waals surface area contributed by atoms with E-state index >= 15 is 0 Å². The van der Waals surface area contributed by atoms with Gasteiger partial charge in [0.1, 0.15) is 5.75 Å². The van der Waals surface area contributed by atoms with Crippen LogP contribution in [0.3, 0.4) is 0 Å². The molecule has 0 N–H and O–H groups in total. The highest BCUT2D eigenvalue weighted by atomic mass is 16.5. The van der Waals surface area contributed by atoms with Gasteiger partial charge in [-0.15, -0.1) is 0 Å². The Balaban J connectivity index is 1.83. The van der Waals surface area contributed by atoms with Gasteiger partial charge in [0, 0.05) is 39.1 Å². The van der Waals surface area contributed by atoms with E-state index in [0.717, 1.165) is 44.9 Å². The molecule has 1 saturated heterocycles. The van der Waals surface area contributed by atoms with Crippen molar-refractivity contribution in [2.75, 3.05) is 33.3 Å². The van der Waals surface area contributed by atoms with Crippen molar-refractivity contribution < 1.29 is 9.53 Å². The molecule has 1 amide bonds. The molecular formula is C16H24N2O2. The highest BCUT2D eigenvalue weighted by Gasteiger charge is 2.20. The van der Waals surface area contributed by atoms with E-state index in [9.17, 15) is 4.79 Å². The Bertz CT molecular complexity index is 440. The lowest BCUT2D eigenvalue weighted by Gasteiger charge is -2.34. The number of hydrogen-bond acceptors (Lipinski definition) is 3. The number of piperazine rings is 1. The number of ether oxygens (including phenoxy) is 1. The van der Waals surface area contributed by atoms with Crippen LogP contribution in [-0.4, -0.2) is 49.0 Å². The molecule has 2 rings (SSSR count). The number of carbonyl (C=O) groups is 1. The zero-order valence-corrected chi connectivity index (χ0v) is 12.5. The van der Waals surface area contributed by atoms with Gasteiger partial charge in [0.15, 0.2) is 0 Å². The van der Waals surface area contributed by atoms with E-state index in [1.807, 2.05) is 17.0 Å². The molecule has 4 nitrogen and oxygen atoms in total. The highest BCUT2D eigenvalue weighted by molar-refractivity contribution is 5.76. The van der Waals surface area contributed by atoms with Gasteiger partial charge >= 0.3 is 0 Å². The number of amides is 1. The minimum atomic E-state index is 0.300. The van der Waals surface area contributed by atoms with Crippen LogP contribution in [0.15, 0.2) is 24.3 Å². The summed E-state index contributed by atoms with van der Waals surface area (Å²) in [5.41, 5.74) is 1.26. The van der Waals surface area contributed by atoms with Crippen molar-refractivity contribution in [3.8, 4) is 5.75 Å². The van der Waals surface area contributed by atoms with Crippen LogP contribution in [0.2, 0.25) is 0 Å². The normalized spacial score (nSPS) is 16.2. The number of hydrogen-bond donors (Lipinski definition) is 0. The smallest absolute Gasteiger partial charge is 0.222 e. The fourth-order valence-electron chi connectivity index (χ4n) is 2.56. The number of benzene rings is 1. The van der Waals surface area contributed by atoms with E-state index in [4.69, 9.17) is 4.74 Å². The SMILES string of the molecule is CCCC(=O)N1CCN(Cc2cccc(OC)c2)CC1. The summed E-state index contributed by atoms with van der Waals surface area (Å²) < 4.78 is 5.25. The maximum atomic E-state index is 11.8. The van der Waals surface area contributed by atoms with Gasteiger partial charge in [0.2, 0.25) is 5.91 Å². The minimum absolute atomic E-state index is 0.300. The quantitative estimate of drug-likeness (QED) is 0.826. The van der Waals surface area contributed by atoms with Crippen molar-refractivity contribution >= 4 is 5.91 Å². The molecule has 0 saturated carbocycles. The van der Waals surface area contributed by atoms with E-state index in [0.29, 0.717) is 12.3 Å². The molecule has 110 valence electrons. The minimum Gasteiger partial charge on any atom is -0.497 e. The van der Waals surface area contributed by atoms with E-state index < -0.39 is 0 Å². The molecule has 0 bridgehead atoms. The number of rotatable bonds is 5. The summed E-state index contributed by atoms with van der Waals surface area (Å²) in [4.78, 5) is 16.2. The monoisotopic (exact) mass is 276 g/mol. The Morgan fingerprint density at radius 3 is 2.65 bits per heavy atom. The topological polar surface area (TPSA) is 32.8 Å². The van der Waals surface area contributed by atoms with Gasteiger partial charge in [-0.1, -0.05) is 19.1 Å². The highest BCUT2D eigenvalue weighted by Crippen LogP contribution is 2.15. The van der Waals surface area contributed by atoms with Gasteiger partial charge in [-0.05, 0) is 24.1 Å². The summed E-state index contributed by atoms with van der Waals surface area (Å²) in [7, 11) is 1.69. The predicted octanol–water partition coefficient (Wildman–Crippen LogP) is 2.14. The summed E-state index contributed by atoms with van der Waals surface area (Å²) in [5.74, 6) is 1.20. The molecule has 0 radical (unpaired) electrons. The number of methoxy groups -OCH3 is 1. The molecule has 0 aromatic heterocycles. The average Bonchev–Trinajstić information content (AvgIpc) is 2.48. The second-order valence-corrected chi connectivity index (χ2v) is 5.26. The number of carbonyl (C=O) groups excluding carboxylic acids is 1. The van der Waals surface area contributed by atoms with Crippen LogP contribution in [0.25, 0.3) is 0 Å². The third-order valence-corrected chi connectivity index (χ3v) is 3.73. The third kappa shape index (κ3) is 3.97. The van der Waals surface area contributed by atoms with Crippen molar-refractivity contribution in [2.45, 2.75) is 26.3 Å². The molecule has 1 aliphatic heterocycles. The van der Waals surface area contributed by atoms with Gasteiger partial charge in [-0.25, -0.2) is 0 Å². The Kier molecular flexibility index (Phi) is 5.41. The Hall–Kier alpha value is -1.55. The van der Waals surface area contributed by atoms with Crippen LogP contribution in [0.5, 0.6) is 5.75 Å². The van der Waals surface area contributed by atoms with Gasteiger partial charge in [-0.2, -0.15) is 0 Å². The van der Waals surface area contributed by atoms with Crippen molar-refractivity contribution in [2.24, 2.45) is 0 Å². The summed E-state index contributed by atoms with van der Waals surface area (Å²) >= 11 is 0. The van der Waals surface area contributed by atoms with E-state index in [-0.39, 0.29) is 0 Å². The first kappa shape index (κ1) is 14.9. The Morgan fingerprint density at radius 1 is 1.25 bits per heavy atom. The van der Waals surface area contributed by atoms with Crippen LogP contribution < -0.4 is 4.74 Å². The maximum absolute atomic E-state index is 11.8. The van der Waals surface area contributed by atoms with Gasteiger partial charge < -0.3 is 9.64 Å². The summed E-state index contributed by atoms with van der Waals surface area (Å²) in [6.45, 7) is 6.58. The van der Waals surface area contributed by atoms with Crippen LogP contribution in [0, 0.1) is 0 Å². The molecule has 0 aliphatic carbocycles. The molecule has 0 atom stereocenters. The standard InChI is InChI=1S/C16H24N2O2/c1-3-5-16(19)18-10-8-17(9-11-18)13-14-6-4-7-15(12-14)20-2/h4,6-7,12H,3,5,8-11,13H2,1-2H3. The fraction of sp³-hybridized carbons (Fsp3) is 0.562. The van der Waals surface area contributed by atoms with Gasteiger partial charge in [-0.3, -0.25) is 9.69 Å². The molecule has 1 aromatic carbocycles. The van der Waals surface area contributed by atoms with Crippen LogP contribution >= 0.6 is 0 Å². The van der Waals surface area contributed by atoms with Crippen LogP contribution in [0.1, 0.15) is 25.3 Å². The van der Waals surface area contributed by atoms with E-state index in [2.05, 4.69) is 24.0 Å².